The first-order valence-corrected chi connectivity index (χ1v) is 6.16. The fourth-order valence-corrected chi connectivity index (χ4v) is 2.81. The first-order chi connectivity index (χ1) is 8.17. The molecule has 1 amide bonds. The Labute approximate surface area is 101 Å². The zero-order valence-corrected chi connectivity index (χ0v) is 10.1. The molecule has 0 saturated carbocycles. The van der Waals surface area contributed by atoms with Crippen LogP contribution in [-0.2, 0) is 4.79 Å². The zero-order valence-electron chi connectivity index (χ0n) is 10.1. The summed E-state index contributed by atoms with van der Waals surface area (Å²) < 4.78 is 0. The lowest BCUT2D eigenvalue weighted by molar-refractivity contribution is -0.133. The van der Waals surface area contributed by atoms with Crippen LogP contribution < -0.4 is 10.2 Å². The molecule has 1 N–H and O–H groups in total. The maximum Gasteiger partial charge on any atom is 0.222 e. The lowest BCUT2D eigenvalue weighted by Gasteiger charge is -2.48. The van der Waals surface area contributed by atoms with Gasteiger partial charge in [-0.3, -0.25) is 9.78 Å². The summed E-state index contributed by atoms with van der Waals surface area (Å²) in [7, 11) is 0. The quantitative estimate of drug-likeness (QED) is 0.740. The van der Waals surface area contributed by atoms with Gasteiger partial charge in [-0.15, -0.1) is 0 Å². The molecule has 4 nitrogen and oxygen atoms in total. The van der Waals surface area contributed by atoms with Gasteiger partial charge in [0, 0.05) is 37.1 Å². The Morgan fingerprint density at radius 1 is 1.41 bits per heavy atom. The second-order valence-corrected chi connectivity index (χ2v) is 5.15. The predicted octanol–water partition coefficient (Wildman–Crippen LogP) is 1.25. The van der Waals surface area contributed by atoms with Gasteiger partial charge in [0.15, 0.2) is 0 Å². The highest BCUT2D eigenvalue weighted by molar-refractivity contribution is 5.84. The van der Waals surface area contributed by atoms with Crippen LogP contribution in [0.15, 0.2) is 18.3 Å². The third kappa shape index (κ3) is 1.88. The van der Waals surface area contributed by atoms with E-state index in [9.17, 15) is 4.79 Å². The number of β-lactam (4-membered cyclic amide) rings is 1. The third-order valence-corrected chi connectivity index (χ3v) is 3.87. The van der Waals surface area contributed by atoms with Crippen molar-refractivity contribution in [1.82, 2.24) is 10.3 Å². The molecule has 2 aliphatic rings. The van der Waals surface area contributed by atoms with Crippen LogP contribution in [0.5, 0.6) is 0 Å². The summed E-state index contributed by atoms with van der Waals surface area (Å²) in [4.78, 5) is 17.6. The summed E-state index contributed by atoms with van der Waals surface area (Å²) >= 11 is 0. The maximum atomic E-state index is 11.0. The molecule has 2 saturated heterocycles. The molecular formula is C13H17N3O. The van der Waals surface area contributed by atoms with E-state index < -0.39 is 0 Å². The van der Waals surface area contributed by atoms with Gasteiger partial charge in [0.25, 0.3) is 0 Å². The lowest BCUT2D eigenvalue weighted by Crippen LogP contribution is -2.65. The summed E-state index contributed by atoms with van der Waals surface area (Å²) in [6.07, 6.45) is 4.69. The van der Waals surface area contributed by atoms with Crippen LogP contribution in [0.3, 0.4) is 0 Å². The van der Waals surface area contributed by atoms with Gasteiger partial charge in [-0.25, -0.2) is 0 Å². The van der Waals surface area contributed by atoms with E-state index in [0.717, 1.165) is 38.0 Å². The standard InChI is InChI=1S/C13H17N3O/c1-10-8-11(2-5-14-10)16-6-3-13(4-7-16)9-12(17)15-13/h2,5,8H,3-4,6-7,9H2,1H3,(H,15,17). The van der Waals surface area contributed by atoms with Gasteiger partial charge in [0.05, 0.1) is 5.54 Å². The average Bonchev–Trinajstić information content (AvgIpc) is 2.28. The van der Waals surface area contributed by atoms with Gasteiger partial charge in [-0.2, -0.15) is 0 Å². The molecule has 3 rings (SSSR count). The molecule has 0 unspecified atom stereocenters. The van der Waals surface area contributed by atoms with E-state index >= 15 is 0 Å². The van der Waals surface area contributed by atoms with Gasteiger partial charge >= 0.3 is 0 Å². The van der Waals surface area contributed by atoms with E-state index in [0.29, 0.717) is 0 Å². The first-order valence-electron chi connectivity index (χ1n) is 6.16. The van der Waals surface area contributed by atoms with Crippen LogP contribution >= 0.6 is 0 Å². The number of aryl methyl sites for hydroxylation is 1. The predicted molar refractivity (Wildman–Crippen MR) is 65.9 cm³/mol. The molecule has 1 aromatic heterocycles. The minimum Gasteiger partial charge on any atom is -0.371 e. The van der Waals surface area contributed by atoms with Gasteiger partial charge in [0.2, 0.25) is 5.91 Å². The van der Waals surface area contributed by atoms with Crippen molar-refractivity contribution in [3.8, 4) is 0 Å². The molecule has 2 fully saturated rings. The van der Waals surface area contributed by atoms with E-state index in [2.05, 4.69) is 27.3 Å². The summed E-state index contributed by atoms with van der Waals surface area (Å²) in [5.41, 5.74) is 2.42. The minimum atomic E-state index is 0.121. The van der Waals surface area contributed by atoms with Gasteiger partial charge in [-0.1, -0.05) is 0 Å². The minimum absolute atomic E-state index is 0.121. The third-order valence-electron chi connectivity index (χ3n) is 3.87. The number of hydrogen-bond donors (Lipinski definition) is 1. The number of pyridine rings is 1. The summed E-state index contributed by atoms with van der Waals surface area (Å²) in [6, 6.07) is 4.18. The maximum absolute atomic E-state index is 11.0. The van der Waals surface area contributed by atoms with Gasteiger partial charge in [0.1, 0.15) is 0 Å². The SMILES string of the molecule is Cc1cc(N2CCC3(CC2)CC(=O)N3)ccn1. The number of carbonyl (C=O) groups is 1. The number of amides is 1. The molecule has 0 atom stereocenters. The van der Waals surface area contributed by atoms with Crippen LogP contribution in [-0.4, -0.2) is 29.5 Å². The van der Waals surface area contributed by atoms with Crippen molar-refractivity contribution in [2.45, 2.75) is 31.7 Å². The number of nitrogens with one attached hydrogen (secondary N) is 1. The molecule has 0 bridgehead atoms. The molecule has 0 aliphatic carbocycles. The fourth-order valence-electron chi connectivity index (χ4n) is 2.81. The Kier molecular flexibility index (Phi) is 2.31. The number of nitrogens with zero attached hydrogens (tertiary/aromatic N) is 2. The van der Waals surface area contributed by atoms with Crippen LogP contribution in [0.1, 0.15) is 25.0 Å². The lowest BCUT2D eigenvalue weighted by atomic mass is 9.78. The van der Waals surface area contributed by atoms with Crippen molar-refractivity contribution in [2.24, 2.45) is 0 Å². The molecule has 0 radical (unpaired) electrons. The van der Waals surface area contributed by atoms with Crippen molar-refractivity contribution in [3.63, 3.8) is 0 Å². The molecule has 3 heterocycles. The van der Waals surface area contributed by atoms with Crippen LogP contribution in [0.2, 0.25) is 0 Å². The van der Waals surface area contributed by atoms with Crippen molar-refractivity contribution in [1.29, 1.82) is 0 Å². The number of anilines is 1. The van der Waals surface area contributed by atoms with Gasteiger partial charge < -0.3 is 10.2 Å². The molecule has 2 aliphatic heterocycles. The smallest absolute Gasteiger partial charge is 0.222 e. The zero-order chi connectivity index (χ0) is 11.9. The number of carbonyl (C=O) groups excluding carboxylic acids is 1. The van der Waals surface area contributed by atoms with Crippen LogP contribution in [0.4, 0.5) is 5.69 Å². The number of piperidine rings is 1. The number of rotatable bonds is 1. The van der Waals surface area contributed by atoms with E-state index in [1.54, 1.807) is 0 Å². The van der Waals surface area contributed by atoms with Crippen molar-refractivity contribution >= 4 is 11.6 Å². The summed E-state index contributed by atoms with van der Waals surface area (Å²) in [6.45, 7) is 4.05. The molecule has 1 aromatic rings. The van der Waals surface area contributed by atoms with Crippen LogP contribution in [0, 0.1) is 6.92 Å². The molecule has 4 heteroatoms. The highest BCUT2D eigenvalue weighted by atomic mass is 16.2. The van der Waals surface area contributed by atoms with E-state index in [4.69, 9.17) is 0 Å². The van der Waals surface area contributed by atoms with Gasteiger partial charge in [-0.05, 0) is 31.9 Å². The number of aromatic nitrogens is 1. The fraction of sp³-hybridized carbons (Fsp3) is 0.538. The Bertz CT molecular complexity index is 440. The van der Waals surface area contributed by atoms with E-state index in [1.807, 2.05) is 13.1 Å². The monoisotopic (exact) mass is 231 g/mol. The molecule has 0 aromatic carbocycles. The molecule has 90 valence electrons. The Balaban J connectivity index is 1.67. The van der Waals surface area contributed by atoms with Crippen molar-refractivity contribution in [2.75, 3.05) is 18.0 Å². The highest BCUT2D eigenvalue weighted by Crippen LogP contribution is 2.33. The second kappa shape index (κ2) is 3.72. The summed E-state index contributed by atoms with van der Waals surface area (Å²) in [5, 5.41) is 3.06. The Morgan fingerprint density at radius 2 is 2.12 bits per heavy atom. The van der Waals surface area contributed by atoms with E-state index in [1.165, 1.54) is 5.69 Å². The largest absolute Gasteiger partial charge is 0.371 e. The molecular weight excluding hydrogens is 214 g/mol. The normalized spacial score (nSPS) is 22.2. The van der Waals surface area contributed by atoms with Crippen molar-refractivity contribution in [3.05, 3.63) is 24.0 Å². The first kappa shape index (κ1) is 10.6. The molecule has 17 heavy (non-hydrogen) atoms. The van der Waals surface area contributed by atoms with E-state index in [-0.39, 0.29) is 11.4 Å². The Hall–Kier alpha value is -1.58. The van der Waals surface area contributed by atoms with Crippen molar-refractivity contribution < 1.29 is 4.79 Å². The Morgan fingerprint density at radius 3 is 2.71 bits per heavy atom. The molecule has 1 spiro atoms. The topological polar surface area (TPSA) is 45.2 Å². The number of hydrogen-bond acceptors (Lipinski definition) is 3. The second-order valence-electron chi connectivity index (χ2n) is 5.15. The average molecular weight is 231 g/mol. The van der Waals surface area contributed by atoms with Crippen LogP contribution in [0.25, 0.3) is 0 Å². The summed E-state index contributed by atoms with van der Waals surface area (Å²) in [5.74, 6) is 0.207. The highest BCUT2D eigenvalue weighted by Gasteiger charge is 2.44.